The smallest absolute Gasteiger partial charge is 0.242 e. The molecule has 1 heterocycles. The number of hydrogen-bond acceptors (Lipinski definition) is 2. The molecule has 84 valence electrons. The first-order valence-corrected chi connectivity index (χ1v) is 5.75. The van der Waals surface area contributed by atoms with Gasteiger partial charge in [0.1, 0.15) is 6.04 Å². The first-order valence-electron chi connectivity index (χ1n) is 5.75. The Bertz CT molecular complexity index is 278. The van der Waals surface area contributed by atoms with Gasteiger partial charge in [-0.1, -0.05) is 6.92 Å². The van der Waals surface area contributed by atoms with Crippen molar-refractivity contribution in [1.29, 1.82) is 0 Å². The zero-order valence-electron chi connectivity index (χ0n) is 9.08. The van der Waals surface area contributed by atoms with Gasteiger partial charge in [0.05, 0.1) is 0 Å². The van der Waals surface area contributed by atoms with Gasteiger partial charge in [0.15, 0.2) is 0 Å². The van der Waals surface area contributed by atoms with Crippen LogP contribution in [0.5, 0.6) is 0 Å². The maximum Gasteiger partial charge on any atom is 0.242 e. The molecule has 4 nitrogen and oxygen atoms in total. The molecule has 3 unspecified atom stereocenters. The minimum atomic E-state index is -0.284. The lowest BCUT2D eigenvalue weighted by Crippen LogP contribution is -2.45. The van der Waals surface area contributed by atoms with Gasteiger partial charge in [0, 0.05) is 12.5 Å². The van der Waals surface area contributed by atoms with Crippen molar-refractivity contribution in [2.75, 3.05) is 0 Å². The molecule has 0 radical (unpaired) electrons. The fraction of sp³-hybridized carbons (Fsp3) is 0.818. The van der Waals surface area contributed by atoms with Gasteiger partial charge in [0.2, 0.25) is 11.8 Å². The Labute approximate surface area is 89.8 Å². The molecule has 0 aromatic rings. The average molecular weight is 210 g/mol. The maximum absolute atomic E-state index is 11.7. The van der Waals surface area contributed by atoms with Gasteiger partial charge in [-0.25, -0.2) is 0 Å². The second-order valence-corrected chi connectivity index (χ2v) is 4.78. The molecule has 2 aliphatic rings. The van der Waals surface area contributed by atoms with Crippen molar-refractivity contribution in [2.24, 2.45) is 5.92 Å². The van der Waals surface area contributed by atoms with Gasteiger partial charge in [-0.2, -0.15) is 0 Å². The van der Waals surface area contributed by atoms with Crippen LogP contribution >= 0.6 is 0 Å². The standard InChI is InChI=1S/C11H18N2O2/c1-7-2-3-8(6-7)12-11(15)9-4-5-10(14)13-9/h7-9H,2-6H2,1H3,(H,12,15)(H,13,14). The Morgan fingerprint density at radius 1 is 1.40 bits per heavy atom. The number of nitrogens with one attached hydrogen (secondary N) is 2. The Morgan fingerprint density at radius 3 is 2.73 bits per heavy atom. The summed E-state index contributed by atoms with van der Waals surface area (Å²) in [5.74, 6) is 0.711. The predicted molar refractivity (Wildman–Crippen MR) is 56.1 cm³/mol. The Balaban J connectivity index is 1.79. The largest absolute Gasteiger partial charge is 0.352 e. The highest BCUT2D eigenvalue weighted by Crippen LogP contribution is 2.24. The molecule has 0 aromatic heterocycles. The van der Waals surface area contributed by atoms with Crippen molar-refractivity contribution in [1.82, 2.24) is 10.6 Å². The highest BCUT2D eigenvalue weighted by molar-refractivity contribution is 5.90. The molecule has 1 saturated heterocycles. The molecule has 2 amide bonds. The lowest BCUT2D eigenvalue weighted by molar-refractivity contribution is -0.126. The van der Waals surface area contributed by atoms with Crippen LogP contribution in [0.1, 0.15) is 39.0 Å². The third kappa shape index (κ3) is 2.49. The van der Waals surface area contributed by atoms with Gasteiger partial charge >= 0.3 is 0 Å². The van der Waals surface area contributed by atoms with Crippen LogP contribution in [0.15, 0.2) is 0 Å². The summed E-state index contributed by atoms with van der Waals surface area (Å²) in [6.07, 6.45) is 4.48. The summed E-state index contributed by atoms with van der Waals surface area (Å²) in [5.41, 5.74) is 0. The molecular formula is C11H18N2O2. The van der Waals surface area contributed by atoms with Crippen LogP contribution in [-0.2, 0) is 9.59 Å². The zero-order valence-corrected chi connectivity index (χ0v) is 9.08. The van der Waals surface area contributed by atoms with E-state index in [2.05, 4.69) is 17.6 Å². The summed E-state index contributed by atoms with van der Waals surface area (Å²) in [4.78, 5) is 22.7. The molecule has 1 aliphatic carbocycles. The number of amides is 2. The topological polar surface area (TPSA) is 58.2 Å². The van der Waals surface area contributed by atoms with Crippen LogP contribution in [0.2, 0.25) is 0 Å². The lowest BCUT2D eigenvalue weighted by Gasteiger charge is -2.16. The van der Waals surface area contributed by atoms with Gasteiger partial charge in [-0.05, 0) is 31.6 Å². The fourth-order valence-electron chi connectivity index (χ4n) is 2.45. The van der Waals surface area contributed by atoms with Gasteiger partial charge in [-0.15, -0.1) is 0 Å². The number of rotatable bonds is 2. The van der Waals surface area contributed by atoms with Crippen LogP contribution in [0.3, 0.4) is 0 Å². The molecule has 0 aromatic carbocycles. The molecule has 2 N–H and O–H groups in total. The molecule has 0 spiro atoms. The Morgan fingerprint density at radius 2 is 2.20 bits per heavy atom. The predicted octanol–water partition coefficient (Wildman–Crippen LogP) is 0.570. The quantitative estimate of drug-likeness (QED) is 0.700. The van der Waals surface area contributed by atoms with E-state index in [1.165, 1.54) is 6.42 Å². The minimum absolute atomic E-state index is 0.0000463. The van der Waals surface area contributed by atoms with Crippen molar-refractivity contribution >= 4 is 11.8 Å². The number of carbonyl (C=O) groups is 2. The molecule has 4 heteroatoms. The molecule has 15 heavy (non-hydrogen) atoms. The van der Waals surface area contributed by atoms with E-state index in [1.54, 1.807) is 0 Å². The summed E-state index contributed by atoms with van der Waals surface area (Å²) in [6, 6.07) is 0.0402. The Hall–Kier alpha value is -1.06. The van der Waals surface area contributed by atoms with Gasteiger partial charge in [-0.3, -0.25) is 9.59 Å². The van der Waals surface area contributed by atoms with E-state index >= 15 is 0 Å². The van der Waals surface area contributed by atoms with Crippen molar-refractivity contribution in [2.45, 2.75) is 51.1 Å². The third-order valence-electron chi connectivity index (χ3n) is 3.35. The van der Waals surface area contributed by atoms with E-state index in [0.717, 1.165) is 12.8 Å². The van der Waals surface area contributed by atoms with Crippen molar-refractivity contribution < 1.29 is 9.59 Å². The summed E-state index contributed by atoms with van der Waals surface area (Å²) in [6.45, 7) is 2.21. The lowest BCUT2D eigenvalue weighted by atomic mass is 10.1. The third-order valence-corrected chi connectivity index (χ3v) is 3.35. The van der Waals surface area contributed by atoms with E-state index < -0.39 is 0 Å². The maximum atomic E-state index is 11.7. The van der Waals surface area contributed by atoms with Crippen LogP contribution in [0.4, 0.5) is 0 Å². The molecule has 1 saturated carbocycles. The second kappa shape index (κ2) is 4.21. The van der Waals surface area contributed by atoms with Gasteiger partial charge in [0.25, 0.3) is 0 Å². The van der Waals surface area contributed by atoms with Crippen LogP contribution < -0.4 is 10.6 Å². The van der Waals surface area contributed by atoms with Gasteiger partial charge < -0.3 is 10.6 Å². The molecular weight excluding hydrogens is 192 g/mol. The Kier molecular flexibility index (Phi) is 2.93. The summed E-state index contributed by atoms with van der Waals surface area (Å²) >= 11 is 0. The zero-order chi connectivity index (χ0) is 10.8. The van der Waals surface area contributed by atoms with Crippen molar-refractivity contribution in [3.63, 3.8) is 0 Å². The first kappa shape index (κ1) is 10.5. The fourth-order valence-corrected chi connectivity index (χ4v) is 2.45. The van der Waals surface area contributed by atoms with Crippen LogP contribution in [0.25, 0.3) is 0 Å². The molecule has 3 atom stereocenters. The van der Waals surface area contributed by atoms with Crippen LogP contribution in [0, 0.1) is 5.92 Å². The SMILES string of the molecule is CC1CCC(NC(=O)C2CCC(=O)N2)C1. The molecule has 2 fully saturated rings. The summed E-state index contributed by atoms with van der Waals surface area (Å²) in [7, 11) is 0. The van der Waals surface area contributed by atoms with E-state index in [9.17, 15) is 9.59 Å². The van der Waals surface area contributed by atoms with E-state index in [0.29, 0.717) is 24.8 Å². The van der Waals surface area contributed by atoms with E-state index in [-0.39, 0.29) is 17.9 Å². The average Bonchev–Trinajstić information content (AvgIpc) is 2.75. The van der Waals surface area contributed by atoms with Crippen LogP contribution in [-0.4, -0.2) is 23.9 Å². The second-order valence-electron chi connectivity index (χ2n) is 4.78. The first-order chi connectivity index (χ1) is 7.15. The number of hydrogen-bond donors (Lipinski definition) is 2. The van der Waals surface area contributed by atoms with Crippen molar-refractivity contribution in [3.05, 3.63) is 0 Å². The van der Waals surface area contributed by atoms with Crippen molar-refractivity contribution in [3.8, 4) is 0 Å². The normalized spacial score (nSPS) is 35.3. The van der Waals surface area contributed by atoms with E-state index in [1.807, 2.05) is 0 Å². The monoisotopic (exact) mass is 210 g/mol. The number of carbonyl (C=O) groups excluding carboxylic acids is 2. The van der Waals surface area contributed by atoms with E-state index in [4.69, 9.17) is 0 Å². The molecule has 0 bridgehead atoms. The molecule has 2 rings (SSSR count). The molecule has 1 aliphatic heterocycles. The highest BCUT2D eigenvalue weighted by Gasteiger charge is 2.30. The summed E-state index contributed by atoms with van der Waals surface area (Å²) in [5, 5.41) is 5.71. The highest BCUT2D eigenvalue weighted by atomic mass is 16.2. The summed E-state index contributed by atoms with van der Waals surface area (Å²) < 4.78 is 0. The minimum Gasteiger partial charge on any atom is -0.352 e.